The zero-order valence-electron chi connectivity index (χ0n) is 23.4. The van der Waals surface area contributed by atoms with Crippen LogP contribution in [0.25, 0.3) is 0 Å². The van der Waals surface area contributed by atoms with E-state index in [1.165, 1.54) is 0 Å². The van der Waals surface area contributed by atoms with Gasteiger partial charge in [0.1, 0.15) is 0 Å². The lowest BCUT2D eigenvalue weighted by atomic mass is 10.2. The van der Waals surface area contributed by atoms with Crippen molar-refractivity contribution >= 4 is 35.3 Å². The smallest absolute Gasteiger partial charge is 0.314 e. The van der Waals surface area contributed by atoms with E-state index in [0.29, 0.717) is 6.42 Å². The van der Waals surface area contributed by atoms with Crippen molar-refractivity contribution < 1.29 is 25.7 Å². The van der Waals surface area contributed by atoms with Gasteiger partial charge in [-0.15, -0.1) is 0 Å². The first-order valence-corrected chi connectivity index (χ1v) is 22.0. The lowest BCUT2D eigenvalue weighted by Gasteiger charge is -2.48. The normalized spacial score (nSPS) is 15.3. The summed E-state index contributed by atoms with van der Waals surface area (Å²) in [6, 6.07) is 0.971. The van der Waals surface area contributed by atoms with E-state index in [-0.39, 0.29) is 15.8 Å². The second kappa shape index (κ2) is 11.0. The zero-order chi connectivity index (χ0) is 25.9. The Labute approximate surface area is 203 Å². The first kappa shape index (κ1) is 32.4. The molecule has 0 saturated heterocycles. The minimum absolute atomic E-state index is 0.139. The molecule has 0 radical (unpaired) electrons. The Balaban J connectivity index is 5.30. The Morgan fingerprint density at radius 3 is 1.47 bits per heavy atom. The number of hydrogen-bond acceptors (Lipinski definition) is 4. The van der Waals surface area contributed by atoms with E-state index in [1.807, 2.05) is 0 Å². The summed E-state index contributed by atoms with van der Waals surface area (Å²) in [4.78, 5) is 0. The molecule has 0 aliphatic rings. The number of unbranched alkanes of at least 4 members (excludes halogenated alkanes) is 1. The zero-order valence-corrected chi connectivity index (χ0v) is 27.2. The van der Waals surface area contributed by atoms with Gasteiger partial charge >= 0.3 is 8.56 Å². The number of rotatable bonds is 13. The van der Waals surface area contributed by atoms with Gasteiger partial charge < -0.3 is 12.7 Å². The fraction of sp³-hybridized carbons (Fsp3) is 1.00. The van der Waals surface area contributed by atoms with Crippen LogP contribution in [-0.4, -0.2) is 75.6 Å². The van der Waals surface area contributed by atoms with Crippen LogP contribution in [0.1, 0.15) is 60.8 Å². The third kappa shape index (κ3) is 11.7. The molecule has 0 saturated carbocycles. The van der Waals surface area contributed by atoms with Crippen molar-refractivity contribution in [3.8, 4) is 0 Å². The van der Waals surface area contributed by atoms with Crippen LogP contribution in [0.2, 0.25) is 48.9 Å². The summed E-state index contributed by atoms with van der Waals surface area (Å²) < 4.78 is 45.8. The van der Waals surface area contributed by atoms with Gasteiger partial charge in [-0.1, -0.05) is 41.5 Å². The maximum absolute atomic E-state index is 10.9. The van der Waals surface area contributed by atoms with Crippen molar-refractivity contribution in [2.75, 3.05) is 32.9 Å². The van der Waals surface area contributed by atoms with E-state index < -0.39 is 35.3 Å². The minimum atomic E-state index is -3.86. The fourth-order valence-corrected chi connectivity index (χ4v) is 17.1. The molecule has 0 fully saturated rings. The molecule has 0 rings (SSSR count). The molecule has 0 aromatic rings. The third-order valence-electron chi connectivity index (χ3n) is 7.36. The molecular formula is C22H54NO5SSi3+. The average Bonchev–Trinajstić information content (AvgIpc) is 2.46. The summed E-state index contributed by atoms with van der Waals surface area (Å²) in [5, 5.41) is 0.279. The van der Waals surface area contributed by atoms with Crippen LogP contribution < -0.4 is 0 Å². The van der Waals surface area contributed by atoms with Gasteiger partial charge in [0.2, 0.25) is 0 Å². The summed E-state index contributed by atoms with van der Waals surface area (Å²) in [7, 11) is -5.82. The summed E-state index contributed by atoms with van der Waals surface area (Å²) in [5.74, 6) is -0.154. The summed E-state index contributed by atoms with van der Waals surface area (Å²) in [6.45, 7) is 27.2. The maximum atomic E-state index is 10.9. The van der Waals surface area contributed by atoms with Gasteiger partial charge in [0.25, 0.3) is 10.1 Å². The van der Waals surface area contributed by atoms with Crippen molar-refractivity contribution in [3.63, 3.8) is 0 Å². The van der Waals surface area contributed by atoms with Crippen molar-refractivity contribution in [2.45, 2.75) is 110 Å². The molecule has 6 nitrogen and oxygen atoms in total. The quantitative estimate of drug-likeness (QED) is 0.133. The van der Waals surface area contributed by atoms with E-state index in [4.69, 9.17) is 12.8 Å². The Morgan fingerprint density at radius 2 is 1.12 bits per heavy atom. The van der Waals surface area contributed by atoms with Gasteiger partial charge in [-0.3, -0.25) is 4.55 Å². The highest BCUT2D eigenvalue weighted by atomic mass is 32.2. The van der Waals surface area contributed by atoms with Gasteiger partial charge in [-0.25, -0.2) is 0 Å². The van der Waals surface area contributed by atoms with Crippen LogP contribution in [0, 0.1) is 0 Å². The van der Waals surface area contributed by atoms with E-state index in [9.17, 15) is 8.42 Å². The molecule has 0 atom stereocenters. The Morgan fingerprint density at radius 1 is 0.750 bits per heavy atom. The SMILES string of the molecule is CC(C)(C)[Si](C)(C)O[Si](C)(CCC[N+](C)(C)CCCCS(=O)(=O)O)O[Si](C)(C)C(C)(C)C. The lowest BCUT2D eigenvalue weighted by molar-refractivity contribution is -0.890. The van der Waals surface area contributed by atoms with Crippen LogP contribution in [0.3, 0.4) is 0 Å². The molecule has 0 amide bonds. The predicted octanol–water partition coefficient (Wildman–Crippen LogP) is 6.24. The number of nitrogens with zero attached hydrogens (tertiary/aromatic N) is 1. The molecule has 194 valence electrons. The first-order chi connectivity index (χ1) is 13.8. The topological polar surface area (TPSA) is 72.8 Å². The molecule has 0 aliphatic heterocycles. The van der Waals surface area contributed by atoms with Gasteiger partial charge in [0.05, 0.1) is 32.9 Å². The molecule has 0 aromatic heterocycles. The van der Waals surface area contributed by atoms with Crippen LogP contribution in [0.5, 0.6) is 0 Å². The molecule has 0 aromatic carbocycles. The summed E-state index contributed by atoms with van der Waals surface area (Å²) in [5.41, 5.74) is 0. The van der Waals surface area contributed by atoms with E-state index in [1.54, 1.807) is 0 Å². The molecule has 0 unspecified atom stereocenters. The molecule has 10 heteroatoms. The third-order valence-corrected chi connectivity index (χ3v) is 24.2. The highest BCUT2D eigenvalue weighted by Crippen LogP contribution is 2.43. The van der Waals surface area contributed by atoms with Crippen molar-refractivity contribution in [3.05, 3.63) is 0 Å². The standard InChI is InChI=1S/C22H53NO5SSi3/c1-21(2,3)30(9,10)27-32(13,28-31(11,12)22(4,5)6)20-16-18-23(7,8)17-14-15-19-29(24,25)26/h14-20H2,1-13H3/p+1. The lowest BCUT2D eigenvalue weighted by Crippen LogP contribution is -2.59. The van der Waals surface area contributed by atoms with E-state index in [0.717, 1.165) is 36.5 Å². The van der Waals surface area contributed by atoms with Gasteiger partial charge in [-0.2, -0.15) is 8.42 Å². The Kier molecular flexibility index (Phi) is 11.2. The van der Waals surface area contributed by atoms with Crippen molar-refractivity contribution in [1.29, 1.82) is 0 Å². The highest BCUT2D eigenvalue weighted by Gasteiger charge is 2.50. The van der Waals surface area contributed by atoms with Crippen LogP contribution in [-0.2, 0) is 18.3 Å². The molecule has 1 N–H and O–H groups in total. The Bertz CT molecular complexity index is 667. The molecule has 0 heterocycles. The van der Waals surface area contributed by atoms with Crippen molar-refractivity contribution in [1.82, 2.24) is 0 Å². The second-order valence-corrected chi connectivity index (χ2v) is 28.4. The average molecular weight is 529 g/mol. The monoisotopic (exact) mass is 528 g/mol. The number of hydrogen-bond donors (Lipinski definition) is 1. The van der Waals surface area contributed by atoms with Crippen LogP contribution in [0.4, 0.5) is 0 Å². The van der Waals surface area contributed by atoms with Gasteiger partial charge in [0.15, 0.2) is 16.6 Å². The van der Waals surface area contributed by atoms with E-state index >= 15 is 0 Å². The van der Waals surface area contributed by atoms with Crippen molar-refractivity contribution in [2.24, 2.45) is 0 Å². The van der Waals surface area contributed by atoms with E-state index in [2.05, 4.69) is 88.4 Å². The molecule has 0 bridgehead atoms. The second-order valence-electron chi connectivity index (χ2n) is 13.3. The predicted molar refractivity (Wildman–Crippen MR) is 145 cm³/mol. The largest absolute Gasteiger partial charge is 0.436 e. The summed E-state index contributed by atoms with van der Waals surface area (Å²) in [6.07, 6.45) is 2.30. The minimum Gasteiger partial charge on any atom is -0.436 e. The van der Waals surface area contributed by atoms with Gasteiger partial charge in [0, 0.05) is 0 Å². The highest BCUT2D eigenvalue weighted by molar-refractivity contribution is 7.85. The van der Waals surface area contributed by atoms with Gasteiger partial charge in [-0.05, 0) is 68.1 Å². The molecule has 0 spiro atoms. The maximum Gasteiger partial charge on any atom is 0.314 e. The molecule has 0 aliphatic carbocycles. The summed E-state index contributed by atoms with van der Waals surface area (Å²) >= 11 is 0. The first-order valence-electron chi connectivity index (χ1n) is 12.0. The fourth-order valence-electron chi connectivity index (χ4n) is 3.27. The number of quaternary nitrogens is 1. The molecular weight excluding hydrogens is 475 g/mol. The van der Waals surface area contributed by atoms with Crippen LogP contribution >= 0.6 is 0 Å². The Hall–Kier alpha value is 0.441. The van der Waals surface area contributed by atoms with Crippen LogP contribution in [0.15, 0.2) is 0 Å². The molecule has 32 heavy (non-hydrogen) atoms.